The van der Waals surface area contributed by atoms with Gasteiger partial charge in [-0.3, -0.25) is 4.79 Å². The van der Waals surface area contributed by atoms with Crippen LogP contribution in [0.4, 0.5) is 23.8 Å². The highest BCUT2D eigenvalue weighted by atomic mass is 19.1. The number of hydrogen-bond donors (Lipinski definition) is 2. The second-order valence-corrected chi connectivity index (χ2v) is 8.38. The van der Waals surface area contributed by atoms with Crippen molar-refractivity contribution in [3.63, 3.8) is 0 Å². The number of pyridine rings is 2. The molecule has 2 aromatic heterocycles. The number of ether oxygens (including phenoxy) is 1. The van der Waals surface area contributed by atoms with E-state index >= 15 is 4.39 Å². The number of fused-ring (bicyclic) bond motifs is 2. The highest BCUT2D eigenvalue weighted by molar-refractivity contribution is 5.85. The zero-order valence-corrected chi connectivity index (χ0v) is 17.6. The van der Waals surface area contributed by atoms with Crippen molar-refractivity contribution >= 4 is 22.9 Å². The summed E-state index contributed by atoms with van der Waals surface area (Å²) in [6, 6.07) is 2.43. The van der Waals surface area contributed by atoms with E-state index in [4.69, 9.17) is 10.8 Å². The fourth-order valence-electron chi connectivity index (χ4n) is 4.80. The lowest BCUT2D eigenvalue weighted by atomic mass is 9.83. The Morgan fingerprint density at radius 2 is 2.03 bits per heavy atom. The van der Waals surface area contributed by atoms with Gasteiger partial charge in [-0.05, 0) is 30.4 Å². The SMILES string of the molecule is N[C@@H]1C=CC[C@@H]2CN(c3ncc4c(=O)c(OC(=O)O)cn(-c5ccc(F)cc5F)c4c3F)C[C@@H]21. The number of halogens is 3. The molecular formula is C23H19F3N4O4. The molecule has 0 saturated carbocycles. The largest absolute Gasteiger partial charge is 0.511 e. The van der Waals surface area contributed by atoms with Crippen molar-refractivity contribution in [1.29, 1.82) is 0 Å². The van der Waals surface area contributed by atoms with Gasteiger partial charge in [0.15, 0.2) is 17.4 Å². The summed E-state index contributed by atoms with van der Waals surface area (Å²) in [6.07, 6.45) is 4.91. The number of hydrogen-bond acceptors (Lipinski definition) is 6. The van der Waals surface area contributed by atoms with Crippen molar-refractivity contribution in [2.24, 2.45) is 17.6 Å². The molecule has 34 heavy (non-hydrogen) atoms. The fourth-order valence-corrected chi connectivity index (χ4v) is 4.80. The minimum atomic E-state index is -1.78. The molecule has 3 heterocycles. The molecule has 0 unspecified atom stereocenters. The topological polar surface area (TPSA) is 111 Å². The monoisotopic (exact) mass is 472 g/mol. The third-order valence-electron chi connectivity index (χ3n) is 6.38. The quantitative estimate of drug-likeness (QED) is 0.445. The van der Waals surface area contributed by atoms with Gasteiger partial charge in [0.05, 0.1) is 22.8 Å². The lowest BCUT2D eigenvalue weighted by molar-refractivity contribution is 0.144. The zero-order chi connectivity index (χ0) is 24.1. The number of carbonyl (C=O) groups is 1. The molecule has 1 aromatic carbocycles. The summed E-state index contributed by atoms with van der Waals surface area (Å²) in [5.74, 6) is -3.22. The van der Waals surface area contributed by atoms with E-state index in [0.29, 0.717) is 19.2 Å². The Balaban J connectivity index is 1.71. The molecular weight excluding hydrogens is 453 g/mol. The number of carboxylic acid groups (broad SMARTS) is 1. The highest BCUT2D eigenvalue weighted by Crippen LogP contribution is 2.37. The van der Waals surface area contributed by atoms with Crippen molar-refractivity contribution in [2.75, 3.05) is 18.0 Å². The molecule has 176 valence electrons. The van der Waals surface area contributed by atoms with Crippen LogP contribution in [0.15, 0.2) is 47.5 Å². The van der Waals surface area contributed by atoms with E-state index in [1.165, 1.54) is 0 Å². The molecule has 1 aliphatic carbocycles. The maximum absolute atomic E-state index is 16.0. The van der Waals surface area contributed by atoms with Crippen LogP contribution >= 0.6 is 0 Å². The van der Waals surface area contributed by atoms with Crippen LogP contribution < -0.4 is 20.8 Å². The summed E-state index contributed by atoms with van der Waals surface area (Å²) in [5, 5.41) is 8.65. The first-order chi connectivity index (χ1) is 16.2. The predicted molar refractivity (Wildman–Crippen MR) is 117 cm³/mol. The van der Waals surface area contributed by atoms with Crippen LogP contribution in [-0.4, -0.2) is 39.9 Å². The van der Waals surface area contributed by atoms with Crippen LogP contribution in [0, 0.1) is 29.3 Å². The normalized spacial score (nSPS) is 21.6. The van der Waals surface area contributed by atoms with Gasteiger partial charge in [0.2, 0.25) is 5.43 Å². The van der Waals surface area contributed by atoms with E-state index in [-0.39, 0.29) is 40.3 Å². The Morgan fingerprint density at radius 1 is 1.24 bits per heavy atom. The van der Waals surface area contributed by atoms with Crippen molar-refractivity contribution < 1.29 is 27.8 Å². The third-order valence-corrected chi connectivity index (χ3v) is 6.38. The van der Waals surface area contributed by atoms with E-state index in [1.807, 2.05) is 12.2 Å². The first kappa shape index (κ1) is 22.0. The molecule has 8 nitrogen and oxygen atoms in total. The molecule has 1 fully saturated rings. The minimum absolute atomic E-state index is 0.0447. The second kappa shape index (κ2) is 8.17. The average molecular weight is 472 g/mol. The number of allylic oxidation sites excluding steroid dienone is 1. The highest BCUT2D eigenvalue weighted by Gasteiger charge is 2.38. The number of benzene rings is 1. The Labute approximate surface area is 190 Å². The maximum Gasteiger partial charge on any atom is 0.511 e. The average Bonchev–Trinajstić information content (AvgIpc) is 3.21. The zero-order valence-electron chi connectivity index (χ0n) is 17.6. The standard InChI is InChI=1S/C23H19F3N4O4/c24-12-4-5-17(15(25)6-12)30-10-18(34-23(32)33)21(31)13-7-28-22(19(26)20(13)30)29-8-11-2-1-3-16(27)14(11)9-29/h1,3-7,10-11,14,16H,2,8-9,27H2,(H,32,33)/t11-,14+,16-/m1/s1. The Kier molecular flexibility index (Phi) is 5.28. The van der Waals surface area contributed by atoms with Gasteiger partial charge in [0.1, 0.15) is 11.6 Å². The molecule has 3 atom stereocenters. The summed E-state index contributed by atoms with van der Waals surface area (Å²) >= 11 is 0. The van der Waals surface area contributed by atoms with Gasteiger partial charge >= 0.3 is 6.16 Å². The smallest absolute Gasteiger partial charge is 0.449 e. The van der Waals surface area contributed by atoms with Crippen molar-refractivity contribution in [3.8, 4) is 11.4 Å². The van der Waals surface area contributed by atoms with Crippen LogP contribution in [0.2, 0.25) is 0 Å². The summed E-state index contributed by atoms with van der Waals surface area (Å²) in [6.45, 7) is 0.939. The molecule has 0 radical (unpaired) electrons. The molecule has 0 spiro atoms. The summed E-state index contributed by atoms with van der Waals surface area (Å²) in [7, 11) is 0. The molecule has 5 rings (SSSR count). The van der Waals surface area contributed by atoms with E-state index in [2.05, 4.69) is 9.72 Å². The molecule has 3 aromatic rings. The summed E-state index contributed by atoms with van der Waals surface area (Å²) < 4.78 is 49.6. The molecule has 2 aliphatic rings. The van der Waals surface area contributed by atoms with Crippen molar-refractivity contribution in [3.05, 3.63) is 70.4 Å². The third kappa shape index (κ3) is 3.58. The van der Waals surface area contributed by atoms with Crippen LogP contribution in [0.3, 0.4) is 0 Å². The lowest BCUT2D eigenvalue weighted by Gasteiger charge is -2.25. The molecule has 1 saturated heterocycles. The van der Waals surface area contributed by atoms with Crippen molar-refractivity contribution in [1.82, 2.24) is 9.55 Å². The van der Waals surface area contributed by atoms with Crippen LogP contribution in [0.25, 0.3) is 16.6 Å². The molecule has 0 bridgehead atoms. The van der Waals surface area contributed by atoms with Gasteiger partial charge in [-0.1, -0.05) is 12.2 Å². The first-order valence-corrected chi connectivity index (χ1v) is 10.5. The van der Waals surface area contributed by atoms with Gasteiger partial charge in [-0.25, -0.2) is 22.9 Å². The summed E-state index contributed by atoms with van der Waals surface area (Å²) in [5.41, 5.74) is 4.61. The minimum Gasteiger partial charge on any atom is -0.449 e. The van der Waals surface area contributed by atoms with Crippen LogP contribution in [0.5, 0.6) is 5.75 Å². The lowest BCUT2D eigenvalue weighted by Crippen LogP contribution is -2.35. The van der Waals surface area contributed by atoms with E-state index < -0.39 is 34.8 Å². The molecule has 0 amide bonds. The maximum atomic E-state index is 16.0. The molecule has 1 aliphatic heterocycles. The number of anilines is 1. The van der Waals surface area contributed by atoms with E-state index in [9.17, 15) is 18.4 Å². The van der Waals surface area contributed by atoms with Gasteiger partial charge in [0, 0.05) is 31.4 Å². The second-order valence-electron chi connectivity index (χ2n) is 8.38. The van der Waals surface area contributed by atoms with Crippen molar-refractivity contribution in [2.45, 2.75) is 12.5 Å². The van der Waals surface area contributed by atoms with E-state index in [1.54, 1.807) is 4.90 Å². The molecule has 3 N–H and O–H groups in total. The Bertz CT molecular complexity index is 1410. The number of nitrogens with zero attached hydrogens (tertiary/aromatic N) is 3. The number of aromatic nitrogens is 2. The van der Waals surface area contributed by atoms with E-state index in [0.717, 1.165) is 35.5 Å². The van der Waals surface area contributed by atoms with Crippen LogP contribution in [-0.2, 0) is 0 Å². The van der Waals surface area contributed by atoms with Gasteiger partial charge in [-0.15, -0.1) is 0 Å². The van der Waals surface area contributed by atoms with Gasteiger partial charge in [-0.2, -0.15) is 0 Å². The fraction of sp³-hybridized carbons (Fsp3) is 0.261. The van der Waals surface area contributed by atoms with Gasteiger partial charge in [0.25, 0.3) is 0 Å². The first-order valence-electron chi connectivity index (χ1n) is 10.5. The predicted octanol–water partition coefficient (Wildman–Crippen LogP) is 3.20. The molecule has 11 heteroatoms. The Hall–Kier alpha value is -3.86. The summed E-state index contributed by atoms with van der Waals surface area (Å²) in [4.78, 5) is 29.7. The number of nitrogens with two attached hydrogens (primary N) is 1. The van der Waals surface area contributed by atoms with Crippen LogP contribution in [0.1, 0.15) is 6.42 Å². The van der Waals surface area contributed by atoms with Gasteiger partial charge < -0.3 is 25.0 Å². The number of rotatable bonds is 3. The Morgan fingerprint density at radius 3 is 2.74 bits per heavy atom.